The second-order valence-electron chi connectivity index (χ2n) is 7.62. The number of aliphatic hydroxyl groups excluding tert-OH is 4. The fourth-order valence-electron chi connectivity index (χ4n) is 4.16. The number of aliphatic hydroxyl groups is 6. The first-order valence-electron chi connectivity index (χ1n) is 8.92. The number of hydrogen-bond donors (Lipinski definition) is 6. The number of carbonyl (C=O) groups excluding carboxylic acids is 1. The molecular weight excluding hydrogens is 380 g/mol. The summed E-state index contributed by atoms with van der Waals surface area (Å²) in [5, 5.41) is 61.1. The second-order valence-corrected chi connectivity index (χ2v) is 7.62. The molecule has 11 heteroatoms. The van der Waals surface area contributed by atoms with Crippen molar-refractivity contribution in [3.05, 3.63) is 11.8 Å². The molecule has 2 heterocycles. The number of esters is 1. The van der Waals surface area contributed by atoms with Gasteiger partial charge in [0.1, 0.15) is 35.6 Å². The summed E-state index contributed by atoms with van der Waals surface area (Å²) in [6, 6.07) is 0. The van der Waals surface area contributed by atoms with Gasteiger partial charge in [-0.15, -0.1) is 0 Å². The molecule has 1 saturated carbocycles. The van der Waals surface area contributed by atoms with Crippen molar-refractivity contribution in [3.8, 4) is 0 Å². The molecule has 0 bridgehead atoms. The summed E-state index contributed by atoms with van der Waals surface area (Å²) in [5.74, 6) is -1.97. The molecular formula is C17H26O11. The van der Waals surface area contributed by atoms with Crippen LogP contribution >= 0.6 is 0 Å². The minimum absolute atomic E-state index is 0.0313. The van der Waals surface area contributed by atoms with Crippen molar-refractivity contribution in [2.24, 2.45) is 5.92 Å². The summed E-state index contributed by atoms with van der Waals surface area (Å²) in [6.45, 7) is 0.802. The molecule has 3 aliphatic rings. The lowest BCUT2D eigenvalue weighted by Gasteiger charge is -2.46. The molecule has 0 radical (unpaired) electrons. The lowest BCUT2D eigenvalue weighted by molar-refractivity contribution is -0.351. The third-order valence-corrected chi connectivity index (χ3v) is 5.78. The molecule has 11 nitrogen and oxygen atoms in total. The first-order chi connectivity index (χ1) is 13.1. The molecule has 2 fully saturated rings. The molecule has 0 aromatic carbocycles. The lowest BCUT2D eigenvalue weighted by Crippen LogP contribution is -2.62. The minimum atomic E-state index is -1.81. The van der Waals surface area contributed by atoms with Crippen LogP contribution in [0.1, 0.15) is 19.8 Å². The summed E-state index contributed by atoms with van der Waals surface area (Å²) < 4.78 is 20.9. The lowest BCUT2D eigenvalue weighted by atomic mass is 9.77. The van der Waals surface area contributed by atoms with E-state index in [0.717, 1.165) is 13.4 Å². The van der Waals surface area contributed by atoms with Crippen molar-refractivity contribution < 1.29 is 54.4 Å². The van der Waals surface area contributed by atoms with Gasteiger partial charge in [-0.05, 0) is 19.8 Å². The van der Waals surface area contributed by atoms with Crippen LogP contribution in [0.2, 0.25) is 0 Å². The summed E-state index contributed by atoms with van der Waals surface area (Å²) in [4.78, 5) is 12.0. The predicted molar refractivity (Wildman–Crippen MR) is 88.1 cm³/mol. The molecule has 160 valence electrons. The third kappa shape index (κ3) is 3.31. The maximum absolute atomic E-state index is 12.0. The standard InChI is InChI=1S/C17H26O11/c1-16(23)3-4-17(24)7(13(22)25-2)6-26-15(12(16)17)28-14-11(21)10(20)9(19)8(5-18)27-14/h6,8-12,14-15,18-21,23-24H,3-5H2,1-2H3/t8-,9-,10+,11-,12?,14+,15?,16+,17+/m1/s1. The summed E-state index contributed by atoms with van der Waals surface area (Å²) in [7, 11) is 1.14. The Morgan fingerprint density at radius 2 is 1.86 bits per heavy atom. The van der Waals surface area contributed by atoms with Gasteiger partial charge in [-0.3, -0.25) is 0 Å². The highest BCUT2D eigenvalue weighted by molar-refractivity contribution is 5.90. The summed E-state index contributed by atoms with van der Waals surface area (Å²) in [6.07, 6.45) is -7.88. The van der Waals surface area contributed by atoms with Gasteiger partial charge in [0.2, 0.25) is 6.29 Å². The van der Waals surface area contributed by atoms with Gasteiger partial charge >= 0.3 is 5.97 Å². The molecule has 0 aromatic rings. The SMILES string of the molecule is COC(=O)C1=COC(O[C@@H]2O[C@H](CO)[C@@H](O)[C@H](O)[C@H]2O)C2[C@@](C)(O)CC[C@]12O. The Morgan fingerprint density at radius 1 is 1.18 bits per heavy atom. The van der Waals surface area contributed by atoms with E-state index >= 15 is 0 Å². The van der Waals surface area contributed by atoms with Crippen LogP contribution in [0, 0.1) is 5.92 Å². The molecule has 0 amide bonds. The van der Waals surface area contributed by atoms with E-state index in [1.807, 2.05) is 0 Å². The van der Waals surface area contributed by atoms with Crippen LogP contribution < -0.4 is 0 Å². The van der Waals surface area contributed by atoms with E-state index in [-0.39, 0.29) is 18.4 Å². The van der Waals surface area contributed by atoms with Gasteiger partial charge in [0.25, 0.3) is 0 Å². The Kier molecular flexibility index (Phi) is 5.73. The molecule has 0 aromatic heterocycles. The molecule has 2 unspecified atom stereocenters. The number of fused-ring (bicyclic) bond motifs is 1. The Hall–Kier alpha value is -1.31. The van der Waals surface area contributed by atoms with Crippen LogP contribution in [-0.4, -0.2) is 98.5 Å². The van der Waals surface area contributed by atoms with Crippen LogP contribution in [0.25, 0.3) is 0 Å². The van der Waals surface area contributed by atoms with E-state index in [2.05, 4.69) is 4.74 Å². The third-order valence-electron chi connectivity index (χ3n) is 5.78. The van der Waals surface area contributed by atoms with Crippen LogP contribution in [0.5, 0.6) is 0 Å². The highest BCUT2D eigenvalue weighted by Gasteiger charge is 2.64. The Morgan fingerprint density at radius 3 is 2.46 bits per heavy atom. The average molecular weight is 406 g/mol. The number of methoxy groups -OCH3 is 1. The smallest absolute Gasteiger partial charge is 0.339 e. The average Bonchev–Trinajstić information content (AvgIpc) is 2.92. The van der Waals surface area contributed by atoms with Gasteiger partial charge in [-0.2, -0.15) is 0 Å². The van der Waals surface area contributed by atoms with E-state index in [0.29, 0.717) is 0 Å². The molecule has 28 heavy (non-hydrogen) atoms. The second kappa shape index (κ2) is 7.50. The fraction of sp³-hybridized carbons (Fsp3) is 0.824. The number of carbonyl (C=O) groups is 1. The molecule has 6 N–H and O–H groups in total. The zero-order chi connectivity index (χ0) is 20.9. The predicted octanol–water partition coefficient (Wildman–Crippen LogP) is -2.89. The van der Waals surface area contributed by atoms with Gasteiger partial charge in [0.15, 0.2) is 6.29 Å². The van der Waals surface area contributed by atoms with E-state index < -0.39 is 66.7 Å². The largest absolute Gasteiger partial charge is 0.471 e. The molecule has 2 aliphatic heterocycles. The van der Waals surface area contributed by atoms with Crippen LogP contribution in [0.3, 0.4) is 0 Å². The van der Waals surface area contributed by atoms with Crippen LogP contribution in [-0.2, 0) is 23.7 Å². The summed E-state index contributed by atoms with van der Waals surface area (Å²) in [5.41, 5.74) is -3.49. The molecule has 1 saturated heterocycles. The summed E-state index contributed by atoms with van der Waals surface area (Å²) >= 11 is 0. The quantitative estimate of drug-likeness (QED) is 0.264. The minimum Gasteiger partial charge on any atom is -0.471 e. The van der Waals surface area contributed by atoms with Gasteiger partial charge in [0, 0.05) is 0 Å². The van der Waals surface area contributed by atoms with E-state index in [9.17, 15) is 35.4 Å². The maximum atomic E-state index is 12.0. The van der Waals surface area contributed by atoms with Crippen molar-refractivity contribution in [3.63, 3.8) is 0 Å². The number of ether oxygens (including phenoxy) is 4. The number of rotatable bonds is 4. The fourth-order valence-corrected chi connectivity index (χ4v) is 4.16. The normalized spacial score (nSPS) is 48.4. The van der Waals surface area contributed by atoms with Crippen molar-refractivity contribution in [1.82, 2.24) is 0 Å². The van der Waals surface area contributed by atoms with Crippen molar-refractivity contribution in [2.45, 2.75) is 68.0 Å². The van der Waals surface area contributed by atoms with Crippen molar-refractivity contribution in [2.75, 3.05) is 13.7 Å². The topological polar surface area (TPSA) is 175 Å². The highest BCUT2D eigenvalue weighted by atomic mass is 16.8. The van der Waals surface area contributed by atoms with Gasteiger partial charge in [-0.1, -0.05) is 0 Å². The zero-order valence-corrected chi connectivity index (χ0v) is 15.5. The van der Waals surface area contributed by atoms with Gasteiger partial charge in [0.05, 0.1) is 31.5 Å². The molecule has 3 rings (SSSR count). The van der Waals surface area contributed by atoms with Crippen molar-refractivity contribution >= 4 is 5.97 Å². The zero-order valence-electron chi connectivity index (χ0n) is 15.5. The molecule has 9 atom stereocenters. The van der Waals surface area contributed by atoms with E-state index in [1.165, 1.54) is 6.92 Å². The Bertz CT molecular complexity index is 633. The Labute approximate surface area is 160 Å². The first kappa shape index (κ1) is 21.4. The maximum Gasteiger partial charge on any atom is 0.339 e. The molecule has 1 aliphatic carbocycles. The van der Waals surface area contributed by atoms with Gasteiger partial charge < -0.3 is 49.6 Å². The first-order valence-corrected chi connectivity index (χ1v) is 8.92. The monoisotopic (exact) mass is 406 g/mol. The Balaban J connectivity index is 1.88. The van der Waals surface area contributed by atoms with Crippen molar-refractivity contribution in [1.29, 1.82) is 0 Å². The molecule has 0 spiro atoms. The van der Waals surface area contributed by atoms with Gasteiger partial charge in [-0.25, -0.2) is 4.79 Å². The van der Waals surface area contributed by atoms with E-state index in [4.69, 9.17) is 14.2 Å². The van der Waals surface area contributed by atoms with Crippen LogP contribution in [0.4, 0.5) is 0 Å². The van der Waals surface area contributed by atoms with Crippen LogP contribution in [0.15, 0.2) is 11.8 Å². The highest BCUT2D eigenvalue weighted by Crippen LogP contribution is 2.52. The number of hydrogen-bond acceptors (Lipinski definition) is 11. The van der Waals surface area contributed by atoms with E-state index in [1.54, 1.807) is 0 Å².